The molecule has 3 nitrogen and oxygen atoms in total. The zero-order valence-electron chi connectivity index (χ0n) is 12.5. The molecule has 0 radical (unpaired) electrons. The number of aryl methyl sites for hydroxylation is 1. The summed E-state index contributed by atoms with van der Waals surface area (Å²) in [5.41, 5.74) is 8.87. The summed E-state index contributed by atoms with van der Waals surface area (Å²) >= 11 is 0. The van der Waals surface area contributed by atoms with Crippen molar-refractivity contribution in [3.05, 3.63) is 71.3 Å². The third kappa shape index (κ3) is 3.92. The van der Waals surface area contributed by atoms with Gasteiger partial charge in [-0.3, -0.25) is 10.1 Å². The number of hydrogen-bond acceptors (Lipinski definition) is 2. The minimum absolute atomic E-state index is 0.100. The van der Waals surface area contributed by atoms with E-state index in [9.17, 15) is 4.79 Å². The van der Waals surface area contributed by atoms with Crippen molar-refractivity contribution in [2.45, 2.75) is 32.4 Å². The minimum Gasteiger partial charge on any atom is -0.368 e. The highest BCUT2D eigenvalue weighted by Gasteiger charge is 2.21. The van der Waals surface area contributed by atoms with E-state index in [0.717, 1.165) is 12.0 Å². The molecule has 2 rings (SSSR count). The Hall–Kier alpha value is -2.13. The molecule has 110 valence electrons. The maximum atomic E-state index is 11.8. The lowest BCUT2D eigenvalue weighted by Gasteiger charge is -2.24. The molecule has 0 heterocycles. The lowest BCUT2D eigenvalue weighted by molar-refractivity contribution is -0.120. The number of hydrogen-bond donors (Lipinski definition) is 2. The van der Waals surface area contributed by atoms with E-state index in [1.807, 2.05) is 30.3 Å². The fourth-order valence-electron chi connectivity index (χ4n) is 2.44. The van der Waals surface area contributed by atoms with Crippen LogP contribution in [-0.2, 0) is 4.79 Å². The van der Waals surface area contributed by atoms with Crippen molar-refractivity contribution >= 4 is 5.91 Å². The van der Waals surface area contributed by atoms with E-state index in [-0.39, 0.29) is 11.9 Å². The Morgan fingerprint density at radius 2 is 1.67 bits per heavy atom. The molecule has 3 heteroatoms. The Morgan fingerprint density at radius 3 is 2.19 bits per heavy atom. The van der Waals surface area contributed by atoms with Crippen molar-refractivity contribution < 1.29 is 4.79 Å². The highest BCUT2D eigenvalue weighted by molar-refractivity contribution is 5.81. The molecule has 0 bridgehead atoms. The molecule has 21 heavy (non-hydrogen) atoms. The summed E-state index contributed by atoms with van der Waals surface area (Å²) in [6.45, 7) is 4.16. The number of nitrogens with one attached hydrogen (secondary N) is 1. The van der Waals surface area contributed by atoms with Gasteiger partial charge in [0, 0.05) is 6.04 Å². The number of carbonyl (C=O) groups excluding carboxylic acids is 1. The number of carbonyl (C=O) groups is 1. The lowest BCUT2D eigenvalue weighted by atomic mass is 9.99. The van der Waals surface area contributed by atoms with E-state index in [2.05, 4.69) is 43.4 Å². The molecule has 0 saturated heterocycles. The van der Waals surface area contributed by atoms with Crippen LogP contribution in [0.5, 0.6) is 0 Å². The second-order valence-electron chi connectivity index (χ2n) is 5.28. The molecule has 2 aromatic rings. The summed E-state index contributed by atoms with van der Waals surface area (Å²) in [7, 11) is 0. The molecule has 2 atom stereocenters. The van der Waals surface area contributed by atoms with Crippen LogP contribution in [0.3, 0.4) is 0 Å². The quantitative estimate of drug-likeness (QED) is 0.854. The van der Waals surface area contributed by atoms with E-state index in [4.69, 9.17) is 5.73 Å². The second-order valence-corrected chi connectivity index (χ2v) is 5.28. The van der Waals surface area contributed by atoms with Crippen molar-refractivity contribution in [1.29, 1.82) is 0 Å². The molecule has 0 unspecified atom stereocenters. The Balaban J connectivity index is 2.22. The third-order valence-corrected chi connectivity index (χ3v) is 3.67. The van der Waals surface area contributed by atoms with E-state index >= 15 is 0 Å². The average molecular weight is 282 g/mol. The number of amides is 1. The molecule has 0 aliphatic rings. The molecule has 3 N–H and O–H groups in total. The predicted molar refractivity (Wildman–Crippen MR) is 85.7 cm³/mol. The molecular formula is C18H22N2O. The first kappa shape index (κ1) is 15.3. The molecule has 0 spiro atoms. The van der Waals surface area contributed by atoms with Crippen molar-refractivity contribution in [2.24, 2.45) is 5.73 Å². The summed E-state index contributed by atoms with van der Waals surface area (Å²) in [5.74, 6) is -0.355. The summed E-state index contributed by atoms with van der Waals surface area (Å²) in [6, 6.07) is 17.6. The normalized spacial score (nSPS) is 13.6. The smallest absolute Gasteiger partial charge is 0.239 e. The fourth-order valence-corrected chi connectivity index (χ4v) is 2.44. The Kier molecular flexibility index (Phi) is 5.12. The van der Waals surface area contributed by atoms with E-state index in [1.165, 1.54) is 11.1 Å². The molecule has 0 fully saturated rings. The van der Waals surface area contributed by atoms with Crippen LogP contribution in [0, 0.1) is 6.92 Å². The minimum atomic E-state index is -0.475. The molecule has 2 aromatic carbocycles. The standard InChI is InChI=1S/C18H22N2O/c1-3-16(14-11-9-13(2)10-12-14)20-17(18(19)21)15-7-5-4-6-8-15/h4-12,16-17,20H,3H2,1-2H3,(H2,19,21)/t16-,17+/m0/s1. The first-order chi connectivity index (χ1) is 10.1. The molecule has 0 aliphatic carbocycles. The lowest BCUT2D eigenvalue weighted by Crippen LogP contribution is -2.35. The van der Waals surface area contributed by atoms with Gasteiger partial charge in [0.05, 0.1) is 0 Å². The monoisotopic (exact) mass is 282 g/mol. The van der Waals surface area contributed by atoms with Gasteiger partial charge >= 0.3 is 0 Å². The van der Waals surface area contributed by atoms with Gasteiger partial charge in [0.15, 0.2) is 0 Å². The van der Waals surface area contributed by atoms with Gasteiger partial charge in [0.1, 0.15) is 6.04 Å². The van der Waals surface area contributed by atoms with Crippen LogP contribution in [0.25, 0.3) is 0 Å². The highest BCUT2D eigenvalue weighted by Crippen LogP contribution is 2.22. The van der Waals surface area contributed by atoms with Crippen LogP contribution in [0.4, 0.5) is 0 Å². The maximum absolute atomic E-state index is 11.8. The van der Waals surface area contributed by atoms with Crippen LogP contribution in [0.15, 0.2) is 54.6 Å². The van der Waals surface area contributed by atoms with Gasteiger partial charge in [-0.05, 0) is 24.5 Å². The van der Waals surface area contributed by atoms with Crippen molar-refractivity contribution in [2.75, 3.05) is 0 Å². The zero-order chi connectivity index (χ0) is 15.2. The van der Waals surface area contributed by atoms with Crippen LogP contribution in [0.2, 0.25) is 0 Å². The first-order valence-corrected chi connectivity index (χ1v) is 7.28. The van der Waals surface area contributed by atoms with Crippen LogP contribution in [-0.4, -0.2) is 5.91 Å². The van der Waals surface area contributed by atoms with Gasteiger partial charge in [-0.2, -0.15) is 0 Å². The molecule has 0 saturated carbocycles. The number of nitrogens with two attached hydrogens (primary N) is 1. The van der Waals surface area contributed by atoms with Crippen LogP contribution < -0.4 is 11.1 Å². The summed E-state index contributed by atoms with van der Waals surface area (Å²) in [5, 5.41) is 3.38. The van der Waals surface area contributed by atoms with Crippen LogP contribution in [0.1, 0.15) is 42.1 Å². The molecule has 0 aliphatic heterocycles. The van der Waals surface area contributed by atoms with E-state index in [1.54, 1.807) is 0 Å². The maximum Gasteiger partial charge on any atom is 0.239 e. The first-order valence-electron chi connectivity index (χ1n) is 7.28. The topological polar surface area (TPSA) is 55.1 Å². The zero-order valence-corrected chi connectivity index (χ0v) is 12.5. The van der Waals surface area contributed by atoms with Gasteiger partial charge in [-0.1, -0.05) is 67.1 Å². The predicted octanol–water partition coefficient (Wildman–Crippen LogP) is 3.26. The number of primary amides is 1. The van der Waals surface area contributed by atoms with Gasteiger partial charge in [0.2, 0.25) is 5.91 Å². The average Bonchev–Trinajstić information content (AvgIpc) is 2.50. The SMILES string of the molecule is CC[C@H](N[C@@H](C(N)=O)c1ccccc1)c1ccc(C)cc1. The van der Waals surface area contributed by atoms with Crippen molar-refractivity contribution in [1.82, 2.24) is 5.32 Å². The third-order valence-electron chi connectivity index (χ3n) is 3.67. The fraction of sp³-hybridized carbons (Fsp3) is 0.278. The Morgan fingerprint density at radius 1 is 1.05 bits per heavy atom. The van der Waals surface area contributed by atoms with Gasteiger partial charge in [0.25, 0.3) is 0 Å². The number of rotatable bonds is 6. The summed E-state index contributed by atoms with van der Waals surface area (Å²) < 4.78 is 0. The van der Waals surface area contributed by atoms with E-state index in [0.29, 0.717) is 0 Å². The van der Waals surface area contributed by atoms with Gasteiger partial charge < -0.3 is 5.73 Å². The Labute approximate surface area is 126 Å². The van der Waals surface area contributed by atoms with Crippen molar-refractivity contribution in [3.8, 4) is 0 Å². The van der Waals surface area contributed by atoms with Gasteiger partial charge in [-0.25, -0.2) is 0 Å². The molecular weight excluding hydrogens is 260 g/mol. The van der Waals surface area contributed by atoms with Gasteiger partial charge in [-0.15, -0.1) is 0 Å². The molecule has 0 aromatic heterocycles. The summed E-state index contributed by atoms with van der Waals surface area (Å²) in [4.78, 5) is 11.8. The van der Waals surface area contributed by atoms with Crippen LogP contribution >= 0.6 is 0 Å². The molecule has 1 amide bonds. The highest BCUT2D eigenvalue weighted by atomic mass is 16.1. The second kappa shape index (κ2) is 7.04. The number of benzene rings is 2. The van der Waals surface area contributed by atoms with Crippen molar-refractivity contribution in [3.63, 3.8) is 0 Å². The summed E-state index contributed by atoms with van der Waals surface area (Å²) in [6.07, 6.45) is 0.889. The van der Waals surface area contributed by atoms with E-state index < -0.39 is 6.04 Å². The largest absolute Gasteiger partial charge is 0.368 e. The Bertz CT molecular complexity index is 578.